The fourth-order valence-electron chi connectivity index (χ4n) is 2.39. The minimum absolute atomic E-state index is 0.227. The van der Waals surface area contributed by atoms with E-state index in [0.29, 0.717) is 0 Å². The summed E-state index contributed by atoms with van der Waals surface area (Å²) < 4.78 is 0. The van der Waals surface area contributed by atoms with Gasteiger partial charge in [0.05, 0.1) is 5.75 Å². The van der Waals surface area contributed by atoms with Gasteiger partial charge in [0.2, 0.25) is 5.91 Å². The van der Waals surface area contributed by atoms with Crippen LogP contribution in [-0.4, -0.2) is 28.4 Å². The van der Waals surface area contributed by atoms with Gasteiger partial charge < -0.3 is 10.6 Å². The zero-order chi connectivity index (χ0) is 14.7. The molecule has 1 aliphatic heterocycles. The molecule has 1 aliphatic rings. The summed E-state index contributed by atoms with van der Waals surface area (Å²) in [7, 11) is 0. The van der Waals surface area contributed by atoms with Crippen LogP contribution in [0.4, 0.5) is 5.82 Å². The van der Waals surface area contributed by atoms with Gasteiger partial charge in [-0.3, -0.25) is 4.79 Å². The van der Waals surface area contributed by atoms with Crippen LogP contribution in [-0.2, 0) is 17.8 Å². The molecule has 0 fully saturated rings. The second kappa shape index (κ2) is 6.13. The van der Waals surface area contributed by atoms with Crippen LogP contribution in [0.5, 0.6) is 0 Å². The van der Waals surface area contributed by atoms with Crippen LogP contribution in [0.3, 0.4) is 0 Å². The normalized spacial score (nSPS) is 13.8. The molecule has 1 aromatic heterocycles. The molecule has 2 heterocycles. The number of nitrogens with two attached hydrogens (primary N) is 1. The van der Waals surface area contributed by atoms with E-state index >= 15 is 0 Å². The van der Waals surface area contributed by atoms with E-state index in [2.05, 4.69) is 39.4 Å². The molecular formula is C15H16N4OS. The Morgan fingerprint density at radius 3 is 2.71 bits per heavy atom. The molecule has 0 aliphatic carbocycles. The average molecular weight is 300 g/mol. The molecule has 0 unspecified atom stereocenters. The molecule has 108 valence electrons. The first-order chi connectivity index (χ1) is 10.2. The van der Waals surface area contributed by atoms with E-state index in [1.54, 1.807) is 0 Å². The summed E-state index contributed by atoms with van der Waals surface area (Å²) in [6.07, 6.45) is 1.02. The Kier molecular flexibility index (Phi) is 4.06. The molecule has 2 N–H and O–H groups in total. The molecule has 21 heavy (non-hydrogen) atoms. The highest BCUT2D eigenvalue weighted by atomic mass is 32.2. The van der Waals surface area contributed by atoms with Gasteiger partial charge in [0.1, 0.15) is 5.03 Å². The first-order valence-corrected chi connectivity index (χ1v) is 7.77. The Hall–Kier alpha value is -2.08. The van der Waals surface area contributed by atoms with Crippen LogP contribution in [0.25, 0.3) is 0 Å². The Bertz CT molecular complexity index is 644. The van der Waals surface area contributed by atoms with Gasteiger partial charge in [-0.05, 0) is 29.7 Å². The number of amides is 1. The van der Waals surface area contributed by atoms with Gasteiger partial charge in [-0.25, -0.2) is 0 Å². The number of carbonyl (C=O) groups is 1. The maximum Gasteiger partial charge on any atom is 0.227 e. The van der Waals surface area contributed by atoms with Crippen molar-refractivity contribution in [2.45, 2.75) is 18.0 Å². The number of fused-ring (bicyclic) bond motifs is 1. The number of hydrogen-bond donors (Lipinski definition) is 1. The number of rotatable bonds is 4. The van der Waals surface area contributed by atoms with Crippen molar-refractivity contribution in [3.05, 3.63) is 47.5 Å². The van der Waals surface area contributed by atoms with Crippen molar-refractivity contribution in [1.29, 1.82) is 0 Å². The van der Waals surface area contributed by atoms with Gasteiger partial charge in [0, 0.05) is 13.1 Å². The van der Waals surface area contributed by atoms with Crippen molar-refractivity contribution in [3.8, 4) is 0 Å². The molecule has 1 aromatic carbocycles. The van der Waals surface area contributed by atoms with Crippen LogP contribution in [0.1, 0.15) is 11.1 Å². The highest BCUT2D eigenvalue weighted by Gasteiger charge is 2.17. The number of nitrogens with zero attached hydrogens (tertiary/aromatic N) is 3. The van der Waals surface area contributed by atoms with E-state index < -0.39 is 0 Å². The zero-order valence-corrected chi connectivity index (χ0v) is 12.3. The van der Waals surface area contributed by atoms with Gasteiger partial charge in [-0.15, -0.1) is 10.2 Å². The SMILES string of the molecule is NC(=O)CSc1ccc(N2CCc3ccccc3C2)nn1. The van der Waals surface area contributed by atoms with Crippen LogP contribution in [0, 0.1) is 0 Å². The van der Waals surface area contributed by atoms with Crippen LogP contribution < -0.4 is 10.6 Å². The second-order valence-electron chi connectivity index (χ2n) is 4.93. The Morgan fingerprint density at radius 2 is 2.00 bits per heavy atom. The molecule has 0 bridgehead atoms. The third-order valence-electron chi connectivity index (χ3n) is 3.44. The summed E-state index contributed by atoms with van der Waals surface area (Å²) in [6, 6.07) is 12.3. The molecule has 1 amide bonds. The molecule has 0 atom stereocenters. The van der Waals surface area contributed by atoms with Crippen molar-refractivity contribution in [1.82, 2.24) is 10.2 Å². The van der Waals surface area contributed by atoms with Crippen molar-refractivity contribution in [2.24, 2.45) is 5.73 Å². The second-order valence-corrected chi connectivity index (χ2v) is 5.92. The number of benzene rings is 1. The Morgan fingerprint density at radius 1 is 1.19 bits per heavy atom. The highest BCUT2D eigenvalue weighted by Crippen LogP contribution is 2.23. The molecule has 0 saturated carbocycles. The van der Waals surface area contributed by atoms with Crippen molar-refractivity contribution >= 4 is 23.5 Å². The lowest BCUT2D eigenvalue weighted by Crippen LogP contribution is -2.31. The van der Waals surface area contributed by atoms with E-state index in [4.69, 9.17) is 5.73 Å². The van der Waals surface area contributed by atoms with Crippen LogP contribution >= 0.6 is 11.8 Å². The maximum absolute atomic E-state index is 10.7. The van der Waals surface area contributed by atoms with E-state index in [-0.39, 0.29) is 11.7 Å². The molecular weight excluding hydrogens is 284 g/mol. The van der Waals surface area contributed by atoms with Gasteiger partial charge in [0.15, 0.2) is 5.82 Å². The van der Waals surface area contributed by atoms with Crippen molar-refractivity contribution in [3.63, 3.8) is 0 Å². The van der Waals surface area contributed by atoms with Gasteiger partial charge in [0.25, 0.3) is 0 Å². The third-order valence-corrected chi connectivity index (χ3v) is 4.39. The summed E-state index contributed by atoms with van der Waals surface area (Å²) in [5.41, 5.74) is 7.87. The quantitative estimate of drug-likeness (QED) is 0.869. The summed E-state index contributed by atoms with van der Waals surface area (Å²) in [5, 5.41) is 9.12. The van der Waals surface area contributed by atoms with Crippen LogP contribution in [0.15, 0.2) is 41.4 Å². The summed E-state index contributed by atoms with van der Waals surface area (Å²) >= 11 is 1.31. The molecule has 0 spiro atoms. The smallest absolute Gasteiger partial charge is 0.227 e. The molecule has 0 radical (unpaired) electrons. The Balaban J connectivity index is 1.69. The number of thioether (sulfide) groups is 1. The fraction of sp³-hybridized carbons (Fsp3) is 0.267. The van der Waals surface area contributed by atoms with E-state index in [1.807, 2.05) is 12.1 Å². The zero-order valence-electron chi connectivity index (χ0n) is 11.5. The lowest BCUT2D eigenvalue weighted by Gasteiger charge is -2.29. The average Bonchev–Trinajstić information content (AvgIpc) is 2.53. The standard InChI is InChI=1S/C15H16N4OS/c16-13(20)10-21-15-6-5-14(17-18-15)19-8-7-11-3-1-2-4-12(11)9-19/h1-6H,7-10H2,(H2,16,20). The largest absolute Gasteiger partial charge is 0.369 e. The first kappa shape index (κ1) is 13.9. The topological polar surface area (TPSA) is 72.1 Å². The summed E-state index contributed by atoms with van der Waals surface area (Å²) in [4.78, 5) is 13.0. The number of hydrogen-bond acceptors (Lipinski definition) is 5. The number of anilines is 1. The molecule has 2 aromatic rings. The fourth-order valence-corrected chi connectivity index (χ4v) is 2.95. The predicted octanol–water partition coefficient (Wildman–Crippen LogP) is 1.62. The summed E-state index contributed by atoms with van der Waals surface area (Å²) in [5.74, 6) is 0.747. The van der Waals surface area contributed by atoms with Crippen LogP contribution in [0.2, 0.25) is 0 Å². The lowest BCUT2D eigenvalue weighted by atomic mass is 10.00. The minimum Gasteiger partial charge on any atom is -0.369 e. The van der Waals surface area contributed by atoms with E-state index in [0.717, 1.165) is 30.4 Å². The Labute approximate surface area is 127 Å². The van der Waals surface area contributed by atoms with Gasteiger partial charge in [-0.2, -0.15) is 0 Å². The van der Waals surface area contributed by atoms with Crippen molar-refractivity contribution in [2.75, 3.05) is 17.2 Å². The minimum atomic E-state index is -0.349. The summed E-state index contributed by atoms with van der Waals surface area (Å²) in [6.45, 7) is 1.80. The van der Waals surface area contributed by atoms with Crippen molar-refractivity contribution < 1.29 is 4.79 Å². The molecule has 6 heteroatoms. The number of carbonyl (C=O) groups excluding carboxylic acids is 1. The maximum atomic E-state index is 10.7. The lowest BCUT2D eigenvalue weighted by molar-refractivity contribution is -0.115. The highest BCUT2D eigenvalue weighted by molar-refractivity contribution is 7.99. The molecule has 3 rings (SSSR count). The monoisotopic (exact) mass is 300 g/mol. The van der Waals surface area contributed by atoms with E-state index in [9.17, 15) is 4.79 Å². The van der Waals surface area contributed by atoms with Gasteiger partial charge >= 0.3 is 0 Å². The molecule has 5 nitrogen and oxygen atoms in total. The molecule has 0 saturated heterocycles. The number of aromatic nitrogens is 2. The predicted molar refractivity (Wildman–Crippen MR) is 83.1 cm³/mol. The van der Waals surface area contributed by atoms with Gasteiger partial charge in [-0.1, -0.05) is 36.0 Å². The number of primary amides is 1. The first-order valence-electron chi connectivity index (χ1n) is 6.79. The van der Waals surface area contributed by atoms with E-state index in [1.165, 1.54) is 22.9 Å². The third kappa shape index (κ3) is 3.33.